The molecular formula is C22H22FN3O6S. The summed E-state index contributed by atoms with van der Waals surface area (Å²) in [5, 5.41) is 5.92. The number of rotatable bonds is 10. The number of carbonyl (C=O) groups excluding carboxylic acids is 2. The smallest absolute Gasteiger partial charge is 0.319 e. The van der Waals surface area contributed by atoms with E-state index >= 15 is 0 Å². The molecule has 174 valence electrons. The van der Waals surface area contributed by atoms with Crippen LogP contribution in [-0.4, -0.2) is 47.2 Å². The lowest BCUT2D eigenvalue weighted by Crippen LogP contribution is -2.21. The lowest BCUT2D eigenvalue weighted by atomic mass is 10.2. The van der Waals surface area contributed by atoms with Gasteiger partial charge in [0.15, 0.2) is 6.61 Å². The van der Waals surface area contributed by atoms with Gasteiger partial charge in [0.05, 0.1) is 25.5 Å². The average molecular weight is 475 g/mol. The third-order valence-corrected chi connectivity index (χ3v) is 5.50. The summed E-state index contributed by atoms with van der Waals surface area (Å²) >= 11 is 1.10. The van der Waals surface area contributed by atoms with Gasteiger partial charge in [0, 0.05) is 11.8 Å². The maximum absolute atomic E-state index is 12.9. The number of halogens is 1. The van der Waals surface area contributed by atoms with Crippen molar-refractivity contribution < 1.29 is 32.7 Å². The van der Waals surface area contributed by atoms with Crippen LogP contribution in [0, 0.1) is 5.82 Å². The molecule has 1 aromatic heterocycles. The number of carbonyl (C=O) groups is 2. The van der Waals surface area contributed by atoms with Gasteiger partial charge in [0.2, 0.25) is 11.7 Å². The number of amides is 1. The Morgan fingerprint density at radius 1 is 1.15 bits per heavy atom. The molecule has 0 saturated carbocycles. The summed E-state index contributed by atoms with van der Waals surface area (Å²) in [4.78, 5) is 28.5. The highest BCUT2D eigenvalue weighted by Gasteiger charge is 2.19. The van der Waals surface area contributed by atoms with Crippen LogP contribution in [-0.2, 0) is 20.9 Å². The van der Waals surface area contributed by atoms with Gasteiger partial charge in [0.25, 0.3) is 5.89 Å². The molecule has 1 unspecified atom stereocenters. The number of hydrogen-bond donors (Lipinski definition) is 1. The third-order valence-electron chi connectivity index (χ3n) is 4.38. The van der Waals surface area contributed by atoms with E-state index in [9.17, 15) is 14.0 Å². The van der Waals surface area contributed by atoms with Crippen LogP contribution in [0.25, 0.3) is 11.4 Å². The molecule has 3 rings (SSSR count). The normalized spacial score (nSPS) is 11.5. The van der Waals surface area contributed by atoms with Gasteiger partial charge in [-0.3, -0.25) is 9.59 Å². The van der Waals surface area contributed by atoms with E-state index in [0.717, 1.165) is 11.8 Å². The number of methoxy groups -OCH3 is 2. The number of esters is 1. The first-order valence-electron chi connectivity index (χ1n) is 9.78. The SMILES string of the molecule is COc1ccc(-c2noc(COC(=O)C(C)SCC(=O)Nc3ccc(F)cc3)n2)c(OC)c1. The Bertz CT molecular complexity index is 1110. The van der Waals surface area contributed by atoms with E-state index in [2.05, 4.69) is 15.5 Å². The highest BCUT2D eigenvalue weighted by Crippen LogP contribution is 2.31. The van der Waals surface area contributed by atoms with E-state index in [1.54, 1.807) is 32.2 Å². The predicted molar refractivity (Wildman–Crippen MR) is 120 cm³/mol. The summed E-state index contributed by atoms with van der Waals surface area (Å²) in [6.45, 7) is 1.41. The molecule has 3 aromatic rings. The second-order valence-corrected chi connectivity index (χ2v) is 8.02. The fraction of sp³-hybridized carbons (Fsp3) is 0.273. The summed E-state index contributed by atoms with van der Waals surface area (Å²) in [5.74, 6) is 0.291. The number of anilines is 1. The Morgan fingerprint density at radius 3 is 2.61 bits per heavy atom. The van der Waals surface area contributed by atoms with Crippen molar-refractivity contribution in [3.8, 4) is 22.9 Å². The largest absolute Gasteiger partial charge is 0.497 e. The highest BCUT2D eigenvalue weighted by atomic mass is 32.2. The topological polar surface area (TPSA) is 113 Å². The van der Waals surface area contributed by atoms with Crippen LogP contribution in [0.2, 0.25) is 0 Å². The van der Waals surface area contributed by atoms with E-state index in [-0.39, 0.29) is 30.0 Å². The number of aromatic nitrogens is 2. The molecule has 33 heavy (non-hydrogen) atoms. The molecule has 2 aromatic carbocycles. The molecule has 1 heterocycles. The Morgan fingerprint density at radius 2 is 1.91 bits per heavy atom. The van der Waals surface area contributed by atoms with Crippen LogP contribution in [0.3, 0.4) is 0 Å². The highest BCUT2D eigenvalue weighted by molar-refractivity contribution is 8.01. The van der Waals surface area contributed by atoms with Crippen LogP contribution < -0.4 is 14.8 Å². The third kappa shape index (κ3) is 6.69. The predicted octanol–water partition coefficient (Wildman–Crippen LogP) is 3.70. The van der Waals surface area contributed by atoms with Gasteiger partial charge in [-0.2, -0.15) is 4.98 Å². The molecule has 9 nitrogen and oxygen atoms in total. The second-order valence-electron chi connectivity index (χ2n) is 6.69. The summed E-state index contributed by atoms with van der Waals surface area (Å²) in [5.41, 5.74) is 1.06. The number of nitrogens with zero attached hydrogens (tertiary/aromatic N) is 2. The van der Waals surface area contributed by atoms with E-state index in [1.165, 1.54) is 31.4 Å². The van der Waals surface area contributed by atoms with Gasteiger partial charge >= 0.3 is 5.97 Å². The van der Waals surface area contributed by atoms with Crippen LogP contribution >= 0.6 is 11.8 Å². The zero-order valence-corrected chi connectivity index (χ0v) is 19.0. The molecule has 1 atom stereocenters. The van der Waals surface area contributed by atoms with Crippen molar-refractivity contribution in [1.29, 1.82) is 0 Å². The minimum absolute atomic E-state index is 0.0234. The first kappa shape index (κ1) is 24.1. The van der Waals surface area contributed by atoms with Crippen molar-refractivity contribution in [2.45, 2.75) is 18.8 Å². The molecule has 1 amide bonds. The fourth-order valence-electron chi connectivity index (χ4n) is 2.66. The summed E-state index contributed by atoms with van der Waals surface area (Å²) in [6, 6.07) is 10.6. The quantitative estimate of drug-likeness (QED) is 0.439. The molecule has 0 spiro atoms. The molecule has 1 N–H and O–H groups in total. The van der Waals surface area contributed by atoms with Crippen molar-refractivity contribution in [2.24, 2.45) is 0 Å². The van der Waals surface area contributed by atoms with Gasteiger partial charge in [-0.25, -0.2) is 4.39 Å². The molecule has 0 aliphatic heterocycles. The maximum Gasteiger partial charge on any atom is 0.319 e. The first-order valence-corrected chi connectivity index (χ1v) is 10.8. The minimum Gasteiger partial charge on any atom is -0.497 e. The molecule has 0 saturated heterocycles. The standard InChI is InChI=1S/C22H22FN3O6S/c1-13(33-12-19(27)24-15-6-4-14(23)5-7-15)22(28)31-11-20-25-21(26-32-20)17-9-8-16(29-2)10-18(17)30-3/h4-10,13H,11-12H2,1-3H3,(H,24,27). The maximum atomic E-state index is 12.9. The van der Waals surface area contributed by atoms with Crippen molar-refractivity contribution >= 4 is 29.3 Å². The first-order chi connectivity index (χ1) is 15.9. The van der Waals surface area contributed by atoms with Crippen LogP contribution in [0.5, 0.6) is 11.5 Å². The van der Waals surface area contributed by atoms with Gasteiger partial charge < -0.3 is 24.1 Å². The monoisotopic (exact) mass is 475 g/mol. The zero-order chi connectivity index (χ0) is 23.8. The van der Waals surface area contributed by atoms with Crippen molar-refractivity contribution in [3.05, 3.63) is 54.2 Å². The molecule has 0 aliphatic rings. The molecule has 0 bridgehead atoms. The fourth-order valence-corrected chi connectivity index (χ4v) is 3.33. The minimum atomic E-state index is -0.604. The molecule has 0 fully saturated rings. The van der Waals surface area contributed by atoms with E-state index < -0.39 is 17.0 Å². The number of benzene rings is 2. The van der Waals surface area contributed by atoms with E-state index in [0.29, 0.717) is 22.7 Å². The van der Waals surface area contributed by atoms with Crippen molar-refractivity contribution in [3.63, 3.8) is 0 Å². The second kappa shape index (κ2) is 11.3. The number of ether oxygens (including phenoxy) is 3. The van der Waals surface area contributed by atoms with Gasteiger partial charge in [-0.05, 0) is 43.3 Å². The van der Waals surface area contributed by atoms with Crippen molar-refractivity contribution in [2.75, 3.05) is 25.3 Å². The molecule has 11 heteroatoms. The zero-order valence-electron chi connectivity index (χ0n) is 18.2. The van der Waals surface area contributed by atoms with Gasteiger partial charge in [-0.1, -0.05) is 5.16 Å². The summed E-state index contributed by atoms with van der Waals surface area (Å²) in [6.07, 6.45) is 0. The Kier molecular flexibility index (Phi) is 8.25. The summed E-state index contributed by atoms with van der Waals surface area (Å²) in [7, 11) is 3.06. The van der Waals surface area contributed by atoms with Crippen LogP contribution in [0.1, 0.15) is 12.8 Å². The van der Waals surface area contributed by atoms with E-state index in [4.69, 9.17) is 18.7 Å². The van der Waals surface area contributed by atoms with Gasteiger partial charge in [-0.15, -0.1) is 11.8 Å². The van der Waals surface area contributed by atoms with Crippen LogP contribution in [0.15, 0.2) is 47.0 Å². The molecule has 0 radical (unpaired) electrons. The number of thioether (sulfide) groups is 1. The number of hydrogen-bond acceptors (Lipinski definition) is 9. The Hall–Kier alpha value is -3.60. The van der Waals surface area contributed by atoms with Crippen molar-refractivity contribution in [1.82, 2.24) is 10.1 Å². The lowest BCUT2D eigenvalue weighted by Gasteiger charge is -2.10. The number of nitrogens with one attached hydrogen (secondary N) is 1. The van der Waals surface area contributed by atoms with Gasteiger partial charge in [0.1, 0.15) is 22.6 Å². The van der Waals surface area contributed by atoms with E-state index in [1.807, 2.05) is 0 Å². The molecular weight excluding hydrogens is 453 g/mol. The lowest BCUT2D eigenvalue weighted by molar-refractivity contribution is -0.144. The average Bonchev–Trinajstić information content (AvgIpc) is 3.30. The Balaban J connectivity index is 1.48. The van der Waals surface area contributed by atoms with Crippen LogP contribution in [0.4, 0.5) is 10.1 Å². The Labute approximate surface area is 193 Å². The summed E-state index contributed by atoms with van der Waals surface area (Å²) < 4.78 is 33.8. The molecule has 0 aliphatic carbocycles.